The van der Waals surface area contributed by atoms with E-state index in [0.717, 1.165) is 12.1 Å². The number of nitrogen functional groups attached to an aromatic ring is 1. The third-order valence-corrected chi connectivity index (χ3v) is 3.91. The topological polar surface area (TPSA) is 90.0 Å². The molecule has 19 heavy (non-hydrogen) atoms. The van der Waals surface area contributed by atoms with E-state index >= 15 is 0 Å². The molecule has 3 N–H and O–H groups in total. The third-order valence-electron chi connectivity index (χ3n) is 2.44. The number of halogens is 1. The van der Waals surface area contributed by atoms with Crippen molar-refractivity contribution in [2.75, 3.05) is 12.3 Å². The minimum atomic E-state index is -3.91. The van der Waals surface area contributed by atoms with Crippen molar-refractivity contribution in [3.8, 4) is 0 Å². The smallest absolute Gasteiger partial charge is 0.243 e. The molecule has 0 unspecified atom stereocenters. The zero-order valence-electron chi connectivity index (χ0n) is 9.95. The number of rotatable bonds is 5. The summed E-state index contributed by atoms with van der Waals surface area (Å²) >= 11 is 0. The summed E-state index contributed by atoms with van der Waals surface area (Å²) in [5, 5.41) is 3.93. The molecule has 102 valence electrons. The lowest BCUT2D eigenvalue weighted by molar-refractivity contribution is 0.545. The van der Waals surface area contributed by atoms with Gasteiger partial charge in [-0.1, -0.05) is 0 Å². The van der Waals surface area contributed by atoms with Gasteiger partial charge in [-0.05, 0) is 24.3 Å². The van der Waals surface area contributed by atoms with Gasteiger partial charge in [0.1, 0.15) is 10.7 Å². The average molecular weight is 284 g/mol. The van der Waals surface area contributed by atoms with E-state index in [1.165, 1.54) is 6.07 Å². The Labute approximate surface area is 110 Å². The Bertz CT molecular complexity index is 655. The molecule has 0 saturated carbocycles. The summed E-state index contributed by atoms with van der Waals surface area (Å²) in [5.41, 5.74) is 5.65. The number of hydrogen-bond donors (Lipinski definition) is 2. The highest BCUT2D eigenvalue weighted by molar-refractivity contribution is 7.89. The number of nitrogens with two attached hydrogens (primary N) is 1. The maximum atomic E-state index is 13.5. The van der Waals surface area contributed by atoms with Gasteiger partial charge in [-0.2, -0.15) is 5.10 Å². The zero-order valence-corrected chi connectivity index (χ0v) is 10.8. The summed E-state index contributed by atoms with van der Waals surface area (Å²) in [7, 11) is -3.91. The Morgan fingerprint density at radius 2 is 2.21 bits per heavy atom. The molecule has 2 rings (SSSR count). The average Bonchev–Trinajstić information content (AvgIpc) is 2.85. The molecule has 0 atom stereocenters. The van der Waals surface area contributed by atoms with Crippen LogP contribution in [0, 0.1) is 5.82 Å². The molecule has 1 aromatic heterocycles. The van der Waals surface area contributed by atoms with Crippen LogP contribution in [0.5, 0.6) is 0 Å². The van der Waals surface area contributed by atoms with E-state index in [-0.39, 0.29) is 12.2 Å². The molecule has 0 aliphatic rings. The maximum Gasteiger partial charge on any atom is 0.243 e. The second-order valence-corrected chi connectivity index (χ2v) is 5.59. The van der Waals surface area contributed by atoms with E-state index < -0.39 is 20.7 Å². The normalized spacial score (nSPS) is 11.6. The van der Waals surface area contributed by atoms with Gasteiger partial charge in [0.05, 0.1) is 6.54 Å². The molecule has 0 aliphatic heterocycles. The van der Waals surface area contributed by atoms with Crippen molar-refractivity contribution in [2.45, 2.75) is 11.4 Å². The lowest BCUT2D eigenvalue weighted by Crippen LogP contribution is -2.28. The lowest BCUT2D eigenvalue weighted by atomic mass is 10.3. The summed E-state index contributed by atoms with van der Waals surface area (Å²) in [5.74, 6) is -0.833. The predicted molar refractivity (Wildman–Crippen MR) is 68.2 cm³/mol. The van der Waals surface area contributed by atoms with Crippen LogP contribution in [0.3, 0.4) is 0 Å². The van der Waals surface area contributed by atoms with Crippen LogP contribution in [0.4, 0.5) is 10.1 Å². The molecule has 8 heteroatoms. The van der Waals surface area contributed by atoms with E-state index in [1.807, 2.05) is 0 Å². The van der Waals surface area contributed by atoms with Gasteiger partial charge < -0.3 is 5.73 Å². The van der Waals surface area contributed by atoms with Crippen molar-refractivity contribution in [1.29, 1.82) is 0 Å². The van der Waals surface area contributed by atoms with Gasteiger partial charge in [-0.3, -0.25) is 4.68 Å². The first kappa shape index (κ1) is 13.5. The summed E-state index contributed by atoms with van der Waals surface area (Å²) in [6.07, 6.45) is 3.29. The first-order chi connectivity index (χ1) is 8.99. The first-order valence-corrected chi connectivity index (χ1v) is 6.99. The van der Waals surface area contributed by atoms with E-state index in [9.17, 15) is 12.8 Å². The largest absolute Gasteiger partial charge is 0.399 e. The Hall–Kier alpha value is -1.93. The molecule has 0 radical (unpaired) electrons. The van der Waals surface area contributed by atoms with Crippen LogP contribution in [0.1, 0.15) is 0 Å². The Morgan fingerprint density at radius 1 is 1.42 bits per heavy atom. The van der Waals surface area contributed by atoms with Crippen molar-refractivity contribution in [3.05, 3.63) is 42.5 Å². The van der Waals surface area contributed by atoms with Crippen molar-refractivity contribution >= 4 is 15.7 Å². The van der Waals surface area contributed by atoms with Gasteiger partial charge in [0.25, 0.3) is 0 Å². The highest BCUT2D eigenvalue weighted by atomic mass is 32.2. The fourth-order valence-electron chi connectivity index (χ4n) is 1.53. The van der Waals surface area contributed by atoms with Gasteiger partial charge in [0, 0.05) is 24.6 Å². The maximum absolute atomic E-state index is 13.5. The standard InChI is InChI=1S/C11H13FN4O2S/c12-10-3-2-9(13)8-11(10)19(17,18)15-5-7-16-6-1-4-14-16/h1-4,6,8,15H,5,7,13H2. The van der Waals surface area contributed by atoms with Crippen molar-refractivity contribution in [1.82, 2.24) is 14.5 Å². The molecule has 0 bridgehead atoms. The molecular weight excluding hydrogens is 271 g/mol. The molecule has 0 fully saturated rings. The Kier molecular flexibility index (Phi) is 3.82. The minimum Gasteiger partial charge on any atom is -0.399 e. The number of anilines is 1. The SMILES string of the molecule is Nc1ccc(F)c(S(=O)(=O)NCCn2cccn2)c1. The molecule has 0 aliphatic carbocycles. The van der Waals surface area contributed by atoms with Crippen LogP contribution in [0.2, 0.25) is 0 Å². The Balaban J connectivity index is 2.07. The first-order valence-electron chi connectivity index (χ1n) is 5.51. The quantitative estimate of drug-likeness (QED) is 0.786. The lowest BCUT2D eigenvalue weighted by Gasteiger charge is -2.08. The highest BCUT2D eigenvalue weighted by Crippen LogP contribution is 2.17. The molecule has 1 aromatic carbocycles. The Morgan fingerprint density at radius 3 is 2.89 bits per heavy atom. The zero-order chi connectivity index (χ0) is 13.9. The number of sulfonamides is 1. The van der Waals surface area contributed by atoms with Crippen molar-refractivity contribution < 1.29 is 12.8 Å². The minimum absolute atomic E-state index is 0.109. The van der Waals surface area contributed by atoms with Crippen LogP contribution in [0.25, 0.3) is 0 Å². The van der Waals surface area contributed by atoms with Crippen molar-refractivity contribution in [2.24, 2.45) is 0 Å². The van der Waals surface area contributed by atoms with Gasteiger partial charge in [0.2, 0.25) is 10.0 Å². The molecule has 0 spiro atoms. The second kappa shape index (κ2) is 5.37. The molecule has 6 nitrogen and oxygen atoms in total. The summed E-state index contributed by atoms with van der Waals surface area (Å²) in [6, 6.07) is 5.15. The van der Waals surface area contributed by atoms with Gasteiger partial charge in [-0.15, -0.1) is 0 Å². The number of nitrogens with zero attached hydrogens (tertiary/aromatic N) is 2. The van der Waals surface area contributed by atoms with Crippen LogP contribution in [0.15, 0.2) is 41.6 Å². The molecule has 2 aromatic rings. The number of nitrogens with one attached hydrogen (secondary N) is 1. The predicted octanol–water partition coefficient (Wildman–Crippen LogP) is 0.583. The summed E-state index contributed by atoms with van der Waals surface area (Å²) in [6.45, 7) is 0.467. The van der Waals surface area contributed by atoms with Gasteiger partial charge >= 0.3 is 0 Å². The van der Waals surface area contributed by atoms with E-state index in [4.69, 9.17) is 5.73 Å². The van der Waals surface area contributed by atoms with Crippen LogP contribution >= 0.6 is 0 Å². The van der Waals surface area contributed by atoms with Gasteiger partial charge in [0.15, 0.2) is 0 Å². The van der Waals surface area contributed by atoms with E-state index in [2.05, 4.69) is 9.82 Å². The fourth-order valence-corrected chi connectivity index (χ4v) is 2.66. The van der Waals surface area contributed by atoms with Crippen LogP contribution < -0.4 is 10.5 Å². The summed E-state index contributed by atoms with van der Waals surface area (Å²) < 4.78 is 41.1. The van der Waals surface area contributed by atoms with Crippen LogP contribution in [-0.4, -0.2) is 24.7 Å². The third kappa shape index (κ3) is 3.30. The molecule has 0 saturated heterocycles. The van der Waals surface area contributed by atoms with Crippen LogP contribution in [-0.2, 0) is 16.6 Å². The molecule has 0 amide bonds. The summed E-state index contributed by atoms with van der Waals surface area (Å²) in [4.78, 5) is -0.451. The molecule has 1 heterocycles. The highest BCUT2D eigenvalue weighted by Gasteiger charge is 2.18. The van der Waals surface area contributed by atoms with Gasteiger partial charge in [-0.25, -0.2) is 17.5 Å². The van der Waals surface area contributed by atoms with Crippen molar-refractivity contribution in [3.63, 3.8) is 0 Å². The monoisotopic (exact) mass is 284 g/mol. The van der Waals surface area contributed by atoms with E-state index in [0.29, 0.717) is 6.54 Å². The number of aromatic nitrogens is 2. The number of benzene rings is 1. The van der Waals surface area contributed by atoms with E-state index in [1.54, 1.807) is 23.1 Å². The number of hydrogen-bond acceptors (Lipinski definition) is 4. The fraction of sp³-hybridized carbons (Fsp3) is 0.182. The molecular formula is C11H13FN4O2S. The second-order valence-electron chi connectivity index (χ2n) is 3.86.